The number of hydrogen-bond donors (Lipinski definition) is 1. The molecule has 0 saturated carbocycles. The molecule has 1 aromatic rings. The van der Waals surface area contributed by atoms with E-state index in [0.29, 0.717) is 6.42 Å². The van der Waals surface area contributed by atoms with Crippen molar-refractivity contribution in [1.82, 2.24) is 4.90 Å². The molecule has 1 aromatic carbocycles. The third-order valence-corrected chi connectivity index (χ3v) is 4.94. The number of carbonyl (C=O) groups excluding carboxylic acids is 1. The fraction of sp³-hybridized carbons (Fsp3) is 0.588. The number of piperidine rings is 1. The molecule has 2 rings (SSSR count). The van der Waals surface area contributed by atoms with Gasteiger partial charge in [0.2, 0.25) is 5.91 Å². The topological polar surface area (TPSA) is 55.6 Å². The molecule has 1 aliphatic rings. The number of aryl methyl sites for hydroxylation is 1. The summed E-state index contributed by atoms with van der Waals surface area (Å²) in [6.45, 7) is 2.84. The number of hydrogen-bond acceptors (Lipinski definition) is 3. The van der Waals surface area contributed by atoms with Crippen molar-refractivity contribution in [3.63, 3.8) is 0 Å². The van der Waals surface area contributed by atoms with Gasteiger partial charge in [-0.1, -0.05) is 6.07 Å². The smallest absolute Gasteiger partial charge is 0.223 e. The maximum Gasteiger partial charge on any atom is 0.223 e. The van der Waals surface area contributed by atoms with Gasteiger partial charge in [0.1, 0.15) is 5.75 Å². The monoisotopic (exact) mass is 404 g/mol. The van der Waals surface area contributed by atoms with E-state index >= 15 is 0 Å². The van der Waals surface area contributed by atoms with E-state index in [1.54, 1.807) is 7.11 Å². The lowest BCUT2D eigenvalue weighted by atomic mass is 9.96. The zero-order chi connectivity index (χ0) is 16.1. The van der Waals surface area contributed by atoms with Crippen LogP contribution in [0.2, 0.25) is 0 Å². The van der Waals surface area contributed by atoms with E-state index in [1.807, 2.05) is 30.0 Å². The number of benzene rings is 1. The number of nitrogens with two attached hydrogens (primary N) is 1. The highest BCUT2D eigenvalue weighted by molar-refractivity contribution is 9.10. The summed E-state index contributed by atoms with van der Waals surface area (Å²) >= 11 is 3.48. The van der Waals surface area contributed by atoms with Gasteiger partial charge >= 0.3 is 0 Å². The van der Waals surface area contributed by atoms with Crippen molar-refractivity contribution >= 4 is 34.2 Å². The molecule has 1 fully saturated rings. The van der Waals surface area contributed by atoms with Crippen molar-refractivity contribution in [3.8, 4) is 5.75 Å². The summed E-state index contributed by atoms with van der Waals surface area (Å²) in [5, 5.41) is 0. The number of methoxy groups -OCH3 is 1. The van der Waals surface area contributed by atoms with Crippen LogP contribution in [0.3, 0.4) is 0 Å². The molecule has 0 radical (unpaired) electrons. The Balaban J connectivity index is 0.00000264. The van der Waals surface area contributed by atoms with E-state index in [4.69, 9.17) is 10.5 Å². The van der Waals surface area contributed by atoms with E-state index in [2.05, 4.69) is 15.9 Å². The largest absolute Gasteiger partial charge is 0.496 e. The first-order valence-corrected chi connectivity index (χ1v) is 8.69. The lowest BCUT2D eigenvalue weighted by Crippen LogP contribution is -2.51. The fourth-order valence-corrected chi connectivity index (χ4v) is 3.66. The van der Waals surface area contributed by atoms with Crippen molar-refractivity contribution in [3.05, 3.63) is 28.2 Å². The van der Waals surface area contributed by atoms with Gasteiger partial charge in [0.05, 0.1) is 11.6 Å². The highest BCUT2D eigenvalue weighted by atomic mass is 79.9. The Morgan fingerprint density at radius 2 is 2.22 bits per heavy atom. The molecule has 23 heavy (non-hydrogen) atoms. The second kappa shape index (κ2) is 9.50. The highest BCUT2D eigenvalue weighted by Gasteiger charge is 2.28. The Morgan fingerprint density at radius 1 is 1.48 bits per heavy atom. The van der Waals surface area contributed by atoms with Gasteiger partial charge in [-0.05, 0) is 66.2 Å². The van der Waals surface area contributed by atoms with Crippen LogP contribution in [0.4, 0.5) is 0 Å². The Kier molecular flexibility index (Phi) is 8.37. The maximum atomic E-state index is 12.5. The van der Waals surface area contributed by atoms with E-state index in [1.165, 1.54) is 6.42 Å². The first-order valence-electron chi connectivity index (χ1n) is 7.90. The molecule has 2 unspecified atom stereocenters. The molecule has 1 heterocycles. The Hall–Kier alpha value is -0.780. The molecule has 4 nitrogen and oxygen atoms in total. The Labute approximate surface area is 153 Å². The first kappa shape index (κ1) is 20.3. The molecular formula is C17H26BrClN2O2. The van der Waals surface area contributed by atoms with Gasteiger partial charge in [-0.2, -0.15) is 0 Å². The van der Waals surface area contributed by atoms with Gasteiger partial charge in [-0.3, -0.25) is 4.79 Å². The number of nitrogens with zero attached hydrogens (tertiary/aromatic N) is 1. The molecule has 1 saturated heterocycles. The zero-order valence-electron chi connectivity index (χ0n) is 13.8. The molecule has 0 spiro atoms. The van der Waals surface area contributed by atoms with Crippen LogP contribution >= 0.6 is 28.3 Å². The quantitative estimate of drug-likeness (QED) is 0.815. The van der Waals surface area contributed by atoms with Gasteiger partial charge in [-0.15, -0.1) is 12.4 Å². The summed E-state index contributed by atoms with van der Waals surface area (Å²) in [6, 6.07) is 6.19. The minimum Gasteiger partial charge on any atom is -0.496 e. The number of amides is 1. The molecular weight excluding hydrogens is 380 g/mol. The van der Waals surface area contributed by atoms with Gasteiger partial charge in [0, 0.05) is 25.0 Å². The van der Waals surface area contributed by atoms with Crippen molar-refractivity contribution in [2.75, 3.05) is 13.7 Å². The van der Waals surface area contributed by atoms with Crippen LogP contribution in [-0.2, 0) is 11.2 Å². The average Bonchev–Trinajstić information content (AvgIpc) is 2.52. The summed E-state index contributed by atoms with van der Waals surface area (Å²) in [7, 11) is 1.65. The molecule has 0 aliphatic carbocycles. The molecule has 0 aromatic heterocycles. The Bertz CT molecular complexity index is 525. The summed E-state index contributed by atoms with van der Waals surface area (Å²) < 4.78 is 6.15. The Morgan fingerprint density at radius 3 is 2.83 bits per heavy atom. The standard InChI is InChI=1S/C17H25BrN2O2.ClH/c1-12(19)15-5-3-4-10-20(15)17(21)9-7-13-6-8-16(22-2)14(18)11-13;/h6,8,11-12,15H,3-5,7,9-10,19H2,1-2H3;1H. The second-order valence-corrected chi connectivity index (χ2v) is 6.83. The van der Waals surface area contributed by atoms with Crippen LogP contribution in [0.1, 0.15) is 38.2 Å². The van der Waals surface area contributed by atoms with Crippen molar-refractivity contribution < 1.29 is 9.53 Å². The normalized spacial score (nSPS) is 19.0. The minimum atomic E-state index is 0. The molecule has 2 atom stereocenters. The average molecular weight is 406 g/mol. The number of ether oxygens (including phenoxy) is 1. The number of carbonyl (C=O) groups is 1. The van der Waals surface area contributed by atoms with Gasteiger partial charge < -0.3 is 15.4 Å². The summed E-state index contributed by atoms with van der Waals surface area (Å²) in [6.07, 6.45) is 4.55. The van der Waals surface area contributed by atoms with E-state index in [9.17, 15) is 4.79 Å². The lowest BCUT2D eigenvalue weighted by Gasteiger charge is -2.38. The molecule has 130 valence electrons. The van der Waals surface area contributed by atoms with Gasteiger partial charge in [-0.25, -0.2) is 0 Å². The van der Waals surface area contributed by atoms with Crippen LogP contribution in [0.5, 0.6) is 5.75 Å². The van der Waals surface area contributed by atoms with Crippen LogP contribution in [-0.4, -0.2) is 36.5 Å². The van der Waals surface area contributed by atoms with Gasteiger partial charge in [0.25, 0.3) is 0 Å². The molecule has 6 heteroatoms. The summed E-state index contributed by atoms with van der Waals surface area (Å²) in [4.78, 5) is 14.5. The van der Waals surface area contributed by atoms with Crippen LogP contribution in [0.25, 0.3) is 0 Å². The SMILES string of the molecule is COc1ccc(CCC(=O)N2CCCCC2C(C)N)cc1Br.Cl. The van der Waals surface area contributed by atoms with Crippen LogP contribution < -0.4 is 10.5 Å². The number of rotatable bonds is 5. The third kappa shape index (κ3) is 5.37. The van der Waals surface area contributed by atoms with E-state index < -0.39 is 0 Å². The number of halogens is 2. The molecule has 2 N–H and O–H groups in total. The molecule has 0 bridgehead atoms. The predicted molar refractivity (Wildman–Crippen MR) is 99.3 cm³/mol. The zero-order valence-corrected chi connectivity index (χ0v) is 16.2. The van der Waals surface area contributed by atoms with E-state index in [0.717, 1.165) is 41.6 Å². The number of likely N-dealkylation sites (tertiary alicyclic amines) is 1. The predicted octanol–water partition coefficient (Wildman–Crippen LogP) is 3.54. The van der Waals surface area contributed by atoms with Crippen molar-refractivity contribution in [1.29, 1.82) is 0 Å². The summed E-state index contributed by atoms with van der Waals surface area (Å²) in [5.41, 5.74) is 7.18. The maximum absolute atomic E-state index is 12.5. The van der Waals surface area contributed by atoms with Crippen molar-refractivity contribution in [2.45, 2.75) is 51.1 Å². The first-order chi connectivity index (χ1) is 10.5. The van der Waals surface area contributed by atoms with Gasteiger partial charge in [0.15, 0.2) is 0 Å². The van der Waals surface area contributed by atoms with E-state index in [-0.39, 0.29) is 30.4 Å². The molecule has 1 aliphatic heterocycles. The third-order valence-electron chi connectivity index (χ3n) is 4.32. The van der Waals surface area contributed by atoms with Crippen LogP contribution in [0.15, 0.2) is 22.7 Å². The molecule has 1 amide bonds. The minimum absolute atomic E-state index is 0. The highest BCUT2D eigenvalue weighted by Crippen LogP contribution is 2.26. The second-order valence-electron chi connectivity index (χ2n) is 5.98. The lowest BCUT2D eigenvalue weighted by molar-refractivity contribution is -0.135. The van der Waals surface area contributed by atoms with Crippen molar-refractivity contribution in [2.24, 2.45) is 5.73 Å². The summed E-state index contributed by atoms with van der Waals surface area (Å²) in [5.74, 6) is 1.03. The van der Waals surface area contributed by atoms with Crippen LogP contribution in [0, 0.1) is 0 Å². The fourth-order valence-electron chi connectivity index (χ4n) is 3.07.